The fraction of sp³-hybridized carbons (Fsp3) is 0.529. The van der Waals surface area contributed by atoms with Crippen LogP contribution in [0.3, 0.4) is 0 Å². The Bertz CT molecular complexity index is 695. The zero-order chi connectivity index (χ0) is 21.7. The van der Waals surface area contributed by atoms with Crippen molar-refractivity contribution in [2.24, 2.45) is 0 Å². The van der Waals surface area contributed by atoms with Crippen LogP contribution >= 0.6 is 0 Å². The fourth-order valence-corrected chi connectivity index (χ4v) is 2.96. The number of carbonyl (C=O) groups excluding carboxylic acids is 1. The molecule has 1 rings (SSSR count). The first-order chi connectivity index (χ1) is 12.7. The average Bonchev–Trinajstić information content (AvgIpc) is 2.47. The van der Waals surface area contributed by atoms with E-state index in [-0.39, 0.29) is 25.0 Å². The van der Waals surface area contributed by atoms with E-state index in [2.05, 4.69) is 25.0 Å². The van der Waals surface area contributed by atoms with Gasteiger partial charge in [-0.2, -0.15) is 13.2 Å². The molecular formula is C17H22F5NO4Si. The molecule has 0 saturated carbocycles. The second-order valence-electron chi connectivity index (χ2n) is 7.45. The molecule has 0 saturated heterocycles. The highest BCUT2D eigenvalue weighted by Gasteiger charge is 2.38. The zero-order valence-electron chi connectivity index (χ0n) is 15.6. The van der Waals surface area contributed by atoms with Crippen LogP contribution < -0.4 is 5.32 Å². The van der Waals surface area contributed by atoms with E-state index >= 15 is 0 Å². The van der Waals surface area contributed by atoms with Crippen molar-refractivity contribution < 1.29 is 41.4 Å². The van der Waals surface area contributed by atoms with Crippen molar-refractivity contribution in [2.75, 3.05) is 6.61 Å². The lowest BCUT2D eigenvalue weighted by atomic mass is 10.0. The monoisotopic (exact) mass is 427 g/mol. The normalized spacial score (nSPS) is 13.1. The molecule has 158 valence electrons. The summed E-state index contributed by atoms with van der Waals surface area (Å²) in [7, 11) is -1.45. The van der Waals surface area contributed by atoms with E-state index in [0.29, 0.717) is 18.2 Å². The maximum Gasteiger partial charge on any atom is 0.422 e. The number of alkyl carbamates (subject to hydrolysis) is 1. The quantitative estimate of drug-likeness (QED) is 0.475. The van der Waals surface area contributed by atoms with Gasteiger partial charge in [-0.05, 0) is 36.6 Å². The number of hydrogen-bond acceptors (Lipinski definition) is 3. The van der Waals surface area contributed by atoms with Gasteiger partial charge in [0.2, 0.25) is 0 Å². The van der Waals surface area contributed by atoms with Crippen molar-refractivity contribution >= 4 is 20.1 Å². The summed E-state index contributed by atoms with van der Waals surface area (Å²) in [6, 6.07) is 0.254. The van der Waals surface area contributed by atoms with Crippen LogP contribution in [0, 0.1) is 11.6 Å². The van der Waals surface area contributed by atoms with E-state index in [9.17, 15) is 31.5 Å². The van der Waals surface area contributed by atoms with Gasteiger partial charge in [-0.1, -0.05) is 19.6 Å². The number of carboxylic acids is 1. The molecule has 1 atom stereocenters. The average molecular weight is 427 g/mol. The zero-order valence-corrected chi connectivity index (χ0v) is 16.6. The van der Waals surface area contributed by atoms with E-state index in [0.717, 1.165) is 0 Å². The molecule has 0 fully saturated rings. The number of halogens is 5. The van der Waals surface area contributed by atoms with Gasteiger partial charge in [0.25, 0.3) is 0 Å². The van der Waals surface area contributed by atoms with E-state index in [4.69, 9.17) is 9.84 Å². The Labute approximate surface area is 159 Å². The number of alkyl halides is 3. The van der Waals surface area contributed by atoms with E-state index in [1.165, 1.54) is 0 Å². The van der Waals surface area contributed by atoms with Gasteiger partial charge in [0.1, 0.15) is 23.2 Å². The number of benzene rings is 1. The van der Waals surface area contributed by atoms with E-state index in [1.807, 2.05) is 0 Å². The van der Waals surface area contributed by atoms with Gasteiger partial charge in [0, 0.05) is 8.07 Å². The lowest BCUT2D eigenvalue weighted by molar-refractivity contribution is -0.142. The van der Waals surface area contributed by atoms with Crippen molar-refractivity contribution in [3.63, 3.8) is 0 Å². The van der Waals surface area contributed by atoms with Gasteiger partial charge in [0.15, 0.2) is 0 Å². The molecule has 1 aromatic rings. The Morgan fingerprint density at radius 1 is 1.18 bits per heavy atom. The summed E-state index contributed by atoms with van der Waals surface area (Å²) in [5, 5.41) is 11.3. The standard InChI is InChI=1S/C17H22F5NO4Si/c1-28(2,3)7-6-27-16(26)23-13(15(24)25)5-4-10-8-11(18)14(12(19)9-10)17(20,21)22/h8-9,13H,4-7H2,1-3H3,(H,23,26)(H,24,25). The van der Waals surface area contributed by atoms with Crippen LogP contribution in [0.2, 0.25) is 25.7 Å². The molecule has 0 spiro atoms. The first-order valence-corrected chi connectivity index (χ1v) is 12.1. The van der Waals surface area contributed by atoms with Crippen LogP contribution in [0.25, 0.3) is 0 Å². The molecule has 0 aromatic heterocycles. The predicted molar refractivity (Wildman–Crippen MR) is 93.7 cm³/mol. The molecular weight excluding hydrogens is 405 g/mol. The summed E-state index contributed by atoms with van der Waals surface area (Å²) in [5.41, 5.74) is -2.17. The number of aliphatic carboxylic acids is 1. The largest absolute Gasteiger partial charge is 0.480 e. The minimum Gasteiger partial charge on any atom is -0.480 e. The number of nitrogens with one attached hydrogen (secondary N) is 1. The SMILES string of the molecule is C[Si](C)(C)CCOC(=O)NC(CCc1cc(F)c(C(F)(F)F)c(F)c1)C(=O)O. The second kappa shape index (κ2) is 9.35. The number of carboxylic acid groups (broad SMARTS) is 1. The number of ether oxygens (including phenoxy) is 1. The third-order valence-corrected chi connectivity index (χ3v) is 5.49. The number of amides is 1. The maximum absolute atomic E-state index is 13.6. The van der Waals surface area contributed by atoms with Gasteiger partial charge in [0.05, 0.1) is 6.61 Å². The molecule has 0 aliphatic carbocycles. The Balaban J connectivity index is 2.71. The lowest BCUT2D eigenvalue weighted by Crippen LogP contribution is -2.41. The minimum atomic E-state index is -5.18. The molecule has 0 aliphatic rings. The second-order valence-corrected chi connectivity index (χ2v) is 13.1. The van der Waals surface area contributed by atoms with Gasteiger partial charge in [-0.15, -0.1) is 0 Å². The maximum atomic E-state index is 13.6. The van der Waals surface area contributed by atoms with Crippen molar-refractivity contribution in [1.29, 1.82) is 0 Å². The number of aryl methyl sites for hydroxylation is 1. The number of carbonyl (C=O) groups is 2. The van der Waals surface area contributed by atoms with Gasteiger partial charge in [-0.3, -0.25) is 0 Å². The Hall–Kier alpha value is -2.17. The molecule has 0 radical (unpaired) electrons. The number of rotatable bonds is 8. The highest BCUT2D eigenvalue weighted by atomic mass is 28.3. The third kappa shape index (κ3) is 7.83. The first kappa shape index (κ1) is 23.9. The molecule has 11 heteroatoms. The Morgan fingerprint density at radius 2 is 1.71 bits per heavy atom. The van der Waals surface area contributed by atoms with Crippen LogP contribution in [-0.2, 0) is 22.1 Å². The first-order valence-electron chi connectivity index (χ1n) is 8.42. The lowest BCUT2D eigenvalue weighted by Gasteiger charge is -2.18. The molecule has 5 nitrogen and oxygen atoms in total. The Morgan fingerprint density at radius 3 is 2.14 bits per heavy atom. The third-order valence-electron chi connectivity index (χ3n) is 3.78. The van der Waals surface area contributed by atoms with E-state index in [1.54, 1.807) is 0 Å². The van der Waals surface area contributed by atoms with Crippen LogP contribution in [-0.4, -0.2) is 37.9 Å². The van der Waals surface area contributed by atoms with Gasteiger partial charge >= 0.3 is 18.2 Å². The van der Waals surface area contributed by atoms with Crippen molar-refractivity contribution in [3.05, 3.63) is 34.9 Å². The summed E-state index contributed by atoms with van der Waals surface area (Å²) in [6.45, 7) is 6.33. The molecule has 1 amide bonds. The van der Waals surface area contributed by atoms with Gasteiger partial charge in [-0.25, -0.2) is 18.4 Å². The summed E-state index contributed by atoms with van der Waals surface area (Å²) >= 11 is 0. The topological polar surface area (TPSA) is 75.6 Å². The fourth-order valence-electron chi connectivity index (χ4n) is 2.24. The smallest absolute Gasteiger partial charge is 0.422 e. The highest BCUT2D eigenvalue weighted by Crippen LogP contribution is 2.34. The molecule has 0 heterocycles. The molecule has 28 heavy (non-hydrogen) atoms. The minimum absolute atomic E-state index is 0.128. The molecule has 1 unspecified atom stereocenters. The Kier molecular flexibility index (Phi) is 7.97. The van der Waals surface area contributed by atoms with Crippen LogP contribution in [0.15, 0.2) is 12.1 Å². The summed E-state index contributed by atoms with van der Waals surface area (Å²) in [5.74, 6) is -4.98. The summed E-state index contributed by atoms with van der Waals surface area (Å²) in [6.07, 6.45) is -6.69. The highest BCUT2D eigenvalue weighted by molar-refractivity contribution is 6.76. The molecule has 1 aromatic carbocycles. The van der Waals surface area contributed by atoms with Crippen molar-refractivity contribution in [2.45, 2.75) is 50.7 Å². The van der Waals surface area contributed by atoms with Crippen molar-refractivity contribution in [3.8, 4) is 0 Å². The van der Waals surface area contributed by atoms with Crippen LogP contribution in [0.4, 0.5) is 26.7 Å². The molecule has 2 N–H and O–H groups in total. The van der Waals surface area contributed by atoms with Crippen LogP contribution in [0.5, 0.6) is 0 Å². The summed E-state index contributed by atoms with van der Waals surface area (Å²) < 4.78 is 69.8. The number of hydrogen-bond donors (Lipinski definition) is 2. The van der Waals surface area contributed by atoms with Crippen molar-refractivity contribution in [1.82, 2.24) is 5.32 Å². The van der Waals surface area contributed by atoms with Crippen LogP contribution in [0.1, 0.15) is 17.5 Å². The summed E-state index contributed by atoms with van der Waals surface area (Å²) in [4.78, 5) is 22.9. The molecule has 0 bridgehead atoms. The van der Waals surface area contributed by atoms with Gasteiger partial charge < -0.3 is 15.2 Å². The molecule has 0 aliphatic heterocycles. The predicted octanol–water partition coefficient (Wildman–Crippen LogP) is 4.43. The van der Waals surface area contributed by atoms with E-state index < -0.39 is 49.6 Å².